The number of nitrogens with two attached hydrogens (primary N) is 1. The number of hydrogen-bond donors (Lipinski definition) is 1. The molecule has 2 rings (SSSR count). The number of nitrogens with zero attached hydrogens (tertiary/aromatic N) is 2. The second kappa shape index (κ2) is 5.40. The highest BCUT2D eigenvalue weighted by Crippen LogP contribution is 2.34. The largest absolute Gasteiger partial charge is 0.327 e. The quantitative estimate of drug-likeness (QED) is 0.850. The maximum Gasteiger partial charge on any atom is 0.0850 e. The van der Waals surface area contributed by atoms with Crippen LogP contribution in [0.25, 0.3) is 0 Å². The SMILES string of the molecule is CCc1nn(CC)c(CC(N)CC2CC2)c1Cl. The Bertz CT molecular complexity index is 382. The van der Waals surface area contributed by atoms with E-state index in [4.69, 9.17) is 17.3 Å². The lowest BCUT2D eigenvalue weighted by atomic mass is 10.1. The fourth-order valence-corrected chi connectivity index (χ4v) is 2.67. The number of aromatic nitrogens is 2. The van der Waals surface area contributed by atoms with E-state index >= 15 is 0 Å². The third-order valence-corrected chi connectivity index (χ3v) is 3.92. The Kier molecular flexibility index (Phi) is 4.10. The molecule has 1 fully saturated rings. The predicted molar refractivity (Wildman–Crippen MR) is 71.3 cm³/mol. The van der Waals surface area contributed by atoms with Crippen LogP contribution in [-0.4, -0.2) is 15.8 Å². The fraction of sp³-hybridized carbons (Fsp3) is 0.769. The summed E-state index contributed by atoms with van der Waals surface area (Å²) in [6.07, 6.45) is 5.59. The summed E-state index contributed by atoms with van der Waals surface area (Å²) in [5.74, 6) is 0.868. The van der Waals surface area contributed by atoms with Gasteiger partial charge in [-0.3, -0.25) is 4.68 Å². The van der Waals surface area contributed by atoms with Crippen LogP contribution in [-0.2, 0) is 19.4 Å². The Morgan fingerprint density at radius 2 is 2.18 bits per heavy atom. The summed E-state index contributed by atoms with van der Waals surface area (Å²) in [7, 11) is 0. The van der Waals surface area contributed by atoms with Crippen molar-refractivity contribution in [3.63, 3.8) is 0 Å². The molecule has 17 heavy (non-hydrogen) atoms. The zero-order valence-electron chi connectivity index (χ0n) is 10.7. The molecule has 0 amide bonds. The zero-order valence-corrected chi connectivity index (χ0v) is 11.5. The summed E-state index contributed by atoms with van der Waals surface area (Å²) in [6, 6.07) is 0.228. The van der Waals surface area contributed by atoms with Gasteiger partial charge in [-0.05, 0) is 25.7 Å². The summed E-state index contributed by atoms with van der Waals surface area (Å²) >= 11 is 6.37. The maximum absolute atomic E-state index is 6.37. The molecule has 96 valence electrons. The fourth-order valence-electron chi connectivity index (χ4n) is 2.33. The van der Waals surface area contributed by atoms with Gasteiger partial charge in [-0.1, -0.05) is 31.4 Å². The van der Waals surface area contributed by atoms with Crippen LogP contribution in [0.3, 0.4) is 0 Å². The molecule has 1 aromatic rings. The van der Waals surface area contributed by atoms with Gasteiger partial charge in [0.25, 0.3) is 0 Å². The minimum Gasteiger partial charge on any atom is -0.327 e. The molecule has 3 nitrogen and oxygen atoms in total. The highest BCUT2D eigenvalue weighted by atomic mass is 35.5. The van der Waals surface area contributed by atoms with Crippen molar-refractivity contribution in [2.45, 2.75) is 58.5 Å². The lowest BCUT2D eigenvalue weighted by Gasteiger charge is -2.12. The van der Waals surface area contributed by atoms with Crippen LogP contribution in [0.15, 0.2) is 0 Å². The average molecular weight is 256 g/mol. The van der Waals surface area contributed by atoms with E-state index in [0.717, 1.165) is 48.1 Å². The van der Waals surface area contributed by atoms with E-state index in [1.165, 1.54) is 12.8 Å². The van der Waals surface area contributed by atoms with Crippen LogP contribution in [0.1, 0.15) is 44.5 Å². The monoisotopic (exact) mass is 255 g/mol. The van der Waals surface area contributed by atoms with Gasteiger partial charge in [0.2, 0.25) is 0 Å². The second-order valence-corrected chi connectivity index (χ2v) is 5.40. The number of hydrogen-bond acceptors (Lipinski definition) is 2. The van der Waals surface area contributed by atoms with E-state index in [-0.39, 0.29) is 6.04 Å². The van der Waals surface area contributed by atoms with Gasteiger partial charge >= 0.3 is 0 Å². The van der Waals surface area contributed by atoms with E-state index in [2.05, 4.69) is 18.9 Å². The minimum absolute atomic E-state index is 0.228. The van der Waals surface area contributed by atoms with Gasteiger partial charge in [0.05, 0.1) is 16.4 Å². The molecule has 1 aliphatic rings. The van der Waals surface area contributed by atoms with Gasteiger partial charge in [-0.2, -0.15) is 5.10 Å². The lowest BCUT2D eigenvalue weighted by molar-refractivity contribution is 0.530. The number of halogens is 1. The lowest BCUT2D eigenvalue weighted by Crippen LogP contribution is -2.25. The first-order valence-corrected chi connectivity index (χ1v) is 7.03. The number of aryl methyl sites for hydroxylation is 2. The third-order valence-electron chi connectivity index (χ3n) is 3.48. The Morgan fingerprint density at radius 1 is 1.47 bits per heavy atom. The van der Waals surface area contributed by atoms with E-state index < -0.39 is 0 Å². The molecule has 0 saturated heterocycles. The third kappa shape index (κ3) is 3.02. The van der Waals surface area contributed by atoms with Gasteiger partial charge < -0.3 is 5.73 Å². The van der Waals surface area contributed by atoms with Crippen molar-refractivity contribution in [3.8, 4) is 0 Å². The van der Waals surface area contributed by atoms with Crippen LogP contribution < -0.4 is 5.73 Å². The van der Waals surface area contributed by atoms with Gasteiger partial charge in [0.15, 0.2) is 0 Å². The molecule has 4 heteroatoms. The first kappa shape index (κ1) is 12.9. The summed E-state index contributed by atoms with van der Waals surface area (Å²) in [5.41, 5.74) is 8.32. The molecule has 1 unspecified atom stereocenters. The molecule has 0 aliphatic heterocycles. The molecular formula is C13H22ClN3. The molecule has 1 saturated carbocycles. The summed E-state index contributed by atoms with van der Waals surface area (Å²) in [6.45, 7) is 5.05. The molecule has 0 bridgehead atoms. The molecular weight excluding hydrogens is 234 g/mol. The first-order valence-electron chi connectivity index (χ1n) is 6.65. The van der Waals surface area contributed by atoms with Gasteiger partial charge in [0, 0.05) is 19.0 Å². The Balaban J connectivity index is 2.09. The Labute approximate surface area is 108 Å². The second-order valence-electron chi connectivity index (χ2n) is 5.02. The van der Waals surface area contributed by atoms with Crippen molar-refractivity contribution in [1.29, 1.82) is 0 Å². The molecule has 1 aliphatic carbocycles. The van der Waals surface area contributed by atoms with E-state index in [1.807, 2.05) is 4.68 Å². The van der Waals surface area contributed by atoms with Crippen LogP contribution >= 0.6 is 11.6 Å². The van der Waals surface area contributed by atoms with E-state index in [9.17, 15) is 0 Å². The molecule has 0 aromatic carbocycles. The molecule has 1 heterocycles. The average Bonchev–Trinajstić information content (AvgIpc) is 3.06. The first-order chi connectivity index (χ1) is 8.15. The van der Waals surface area contributed by atoms with Crippen molar-refractivity contribution in [2.24, 2.45) is 11.7 Å². The predicted octanol–water partition coefficient (Wildman–Crippen LogP) is 2.79. The smallest absolute Gasteiger partial charge is 0.0850 e. The van der Waals surface area contributed by atoms with Crippen molar-refractivity contribution in [3.05, 3.63) is 16.4 Å². The highest BCUT2D eigenvalue weighted by molar-refractivity contribution is 6.31. The molecule has 2 N–H and O–H groups in total. The summed E-state index contributed by atoms with van der Waals surface area (Å²) in [5, 5.41) is 5.36. The Morgan fingerprint density at radius 3 is 2.71 bits per heavy atom. The van der Waals surface area contributed by atoms with Crippen molar-refractivity contribution in [1.82, 2.24) is 9.78 Å². The van der Waals surface area contributed by atoms with Crippen LogP contribution in [0.2, 0.25) is 5.02 Å². The topological polar surface area (TPSA) is 43.8 Å². The number of rotatable bonds is 6. The van der Waals surface area contributed by atoms with Crippen LogP contribution in [0.5, 0.6) is 0 Å². The van der Waals surface area contributed by atoms with E-state index in [1.54, 1.807) is 0 Å². The van der Waals surface area contributed by atoms with Gasteiger partial charge in [-0.15, -0.1) is 0 Å². The maximum atomic E-state index is 6.37. The van der Waals surface area contributed by atoms with Crippen LogP contribution in [0.4, 0.5) is 0 Å². The van der Waals surface area contributed by atoms with Crippen molar-refractivity contribution >= 4 is 11.6 Å². The van der Waals surface area contributed by atoms with Gasteiger partial charge in [-0.25, -0.2) is 0 Å². The zero-order chi connectivity index (χ0) is 12.4. The van der Waals surface area contributed by atoms with Gasteiger partial charge in [0.1, 0.15) is 0 Å². The van der Waals surface area contributed by atoms with Crippen molar-refractivity contribution in [2.75, 3.05) is 0 Å². The standard InChI is InChI=1S/C13H22ClN3/c1-3-11-13(14)12(17(4-2)16-11)8-10(15)7-9-5-6-9/h9-10H,3-8,15H2,1-2H3. The highest BCUT2D eigenvalue weighted by Gasteiger charge is 2.25. The Hall–Kier alpha value is -0.540. The van der Waals surface area contributed by atoms with Crippen molar-refractivity contribution < 1.29 is 0 Å². The van der Waals surface area contributed by atoms with Crippen LogP contribution in [0, 0.1) is 5.92 Å². The summed E-state index contributed by atoms with van der Waals surface area (Å²) < 4.78 is 2.01. The molecule has 0 radical (unpaired) electrons. The molecule has 1 atom stereocenters. The normalized spacial score (nSPS) is 17.4. The minimum atomic E-state index is 0.228. The molecule has 0 spiro atoms. The van der Waals surface area contributed by atoms with E-state index in [0.29, 0.717) is 0 Å². The molecule has 1 aromatic heterocycles. The summed E-state index contributed by atoms with van der Waals surface area (Å²) in [4.78, 5) is 0.